The maximum absolute atomic E-state index is 12.5. The van der Waals surface area contributed by atoms with Crippen LogP contribution in [-0.4, -0.2) is 22.4 Å². The third kappa shape index (κ3) is 3.14. The molecule has 3 aromatic rings. The molecule has 1 aromatic carbocycles. The number of rotatable bonds is 4. The fraction of sp³-hybridized carbons (Fsp3) is 0.235. The van der Waals surface area contributed by atoms with Crippen LogP contribution in [0.2, 0.25) is 0 Å². The number of carbonyl (C=O) groups excluding carboxylic acids is 1. The molecule has 112 valence electrons. The molecule has 0 aliphatic rings. The van der Waals surface area contributed by atoms with Crippen LogP contribution in [0.15, 0.2) is 35.2 Å². The van der Waals surface area contributed by atoms with Gasteiger partial charge < -0.3 is 5.32 Å². The Morgan fingerprint density at radius 3 is 2.91 bits per heavy atom. The minimum atomic E-state index is -0.0590. The van der Waals surface area contributed by atoms with Crippen molar-refractivity contribution in [3.05, 3.63) is 57.7 Å². The summed E-state index contributed by atoms with van der Waals surface area (Å²) in [6.45, 7) is 4.51. The summed E-state index contributed by atoms with van der Waals surface area (Å²) in [5, 5.41) is 5.88. The van der Waals surface area contributed by atoms with Crippen LogP contribution in [0.4, 0.5) is 0 Å². The van der Waals surface area contributed by atoms with E-state index in [1.54, 1.807) is 16.8 Å². The zero-order chi connectivity index (χ0) is 15.5. The summed E-state index contributed by atoms with van der Waals surface area (Å²) in [7, 11) is 0. The summed E-state index contributed by atoms with van der Waals surface area (Å²) in [5.41, 5.74) is 6.33. The van der Waals surface area contributed by atoms with Crippen molar-refractivity contribution in [2.45, 2.75) is 20.3 Å². The molecule has 2 heterocycles. The zero-order valence-electron chi connectivity index (χ0n) is 12.6. The van der Waals surface area contributed by atoms with Crippen molar-refractivity contribution < 1.29 is 4.79 Å². The van der Waals surface area contributed by atoms with Crippen LogP contribution < -0.4 is 5.32 Å². The number of hydrogen-bond acceptors (Lipinski definition) is 4. The van der Waals surface area contributed by atoms with E-state index in [9.17, 15) is 4.79 Å². The van der Waals surface area contributed by atoms with Gasteiger partial charge in [0.2, 0.25) is 0 Å². The lowest BCUT2D eigenvalue weighted by Gasteiger charge is -2.09. The van der Waals surface area contributed by atoms with E-state index in [2.05, 4.69) is 15.3 Å². The number of pyridine rings is 1. The Bertz CT molecular complexity index is 812. The molecule has 0 radical (unpaired) electrons. The molecule has 0 saturated heterocycles. The second kappa shape index (κ2) is 6.23. The molecule has 22 heavy (non-hydrogen) atoms. The van der Waals surface area contributed by atoms with Crippen molar-refractivity contribution in [1.29, 1.82) is 0 Å². The van der Waals surface area contributed by atoms with Gasteiger partial charge in [0.15, 0.2) is 0 Å². The third-order valence-electron chi connectivity index (χ3n) is 3.49. The van der Waals surface area contributed by atoms with E-state index in [1.807, 2.05) is 43.5 Å². The molecule has 0 unspecified atom stereocenters. The normalized spacial score (nSPS) is 10.8. The molecule has 0 bridgehead atoms. The van der Waals surface area contributed by atoms with Gasteiger partial charge in [0.05, 0.1) is 22.3 Å². The van der Waals surface area contributed by atoms with Gasteiger partial charge in [-0.15, -0.1) is 11.3 Å². The molecule has 5 heteroatoms. The highest BCUT2D eigenvalue weighted by Gasteiger charge is 2.12. The molecule has 4 nitrogen and oxygen atoms in total. The van der Waals surface area contributed by atoms with Gasteiger partial charge in [-0.3, -0.25) is 9.78 Å². The minimum Gasteiger partial charge on any atom is -0.352 e. The van der Waals surface area contributed by atoms with Gasteiger partial charge >= 0.3 is 0 Å². The Balaban J connectivity index is 1.82. The lowest BCUT2D eigenvalue weighted by Crippen LogP contribution is -2.26. The Morgan fingerprint density at radius 2 is 2.14 bits per heavy atom. The molecular weight excluding hydrogens is 294 g/mol. The molecule has 3 rings (SSSR count). The molecule has 0 atom stereocenters. The number of aryl methyl sites for hydroxylation is 2. The largest absolute Gasteiger partial charge is 0.352 e. The molecule has 0 spiro atoms. The minimum absolute atomic E-state index is 0.0590. The number of nitrogens with zero attached hydrogens (tertiary/aromatic N) is 2. The Kier molecular flexibility index (Phi) is 4.15. The van der Waals surface area contributed by atoms with Crippen LogP contribution in [0.25, 0.3) is 10.9 Å². The van der Waals surface area contributed by atoms with Crippen LogP contribution in [0.5, 0.6) is 0 Å². The van der Waals surface area contributed by atoms with Gasteiger partial charge in [-0.2, -0.15) is 0 Å². The first-order chi connectivity index (χ1) is 10.6. The van der Waals surface area contributed by atoms with Crippen LogP contribution in [0.3, 0.4) is 0 Å². The number of amides is 1. The first-order valence-corrected chi connectivity index (χ1v) is 8.11. The smallest absolute Gasteiger partial charge is 0.252 e. The van der Waals surface area contributed by atoms with Crippen molar-refractivity contribution in [2.75, 3.05) is 6.54 Å². The average Bonchev–Trinajstić information content (AvgIpc) is 3.00. The van der Waals surface area contributed by atoms with Gasteiger partial charge in [0.25, 0.3) is 5.91 Å². The number of carbonyl (C=O) groups is 1. The maximum atomic E-state index is 12.5. The first-order valence-electron chi connectivity index (χ1n) is 7.17. The monoisotopic (exact) mass is 311 g/mol. The van der Waals surface area contributed by atoms with Crippen LogP contribution in [0, 0.1) is 13.8 Å². The molecule has 2 aromatic heterocycles. The second-order valence-electron chi connectivity index (χ2n) is 5.32. The van der Waals surface area contributed by atoms with E-state index >= 15 is 0 Å². The predicted molar refractivity (Wildman–Crippen MR) is 89.4 cm³/mol. The van der Waals surface area contributed by atoms with Gasteiger partial charge in [0.1, 0.15) is 0 Å². The standard InChI is InChI=1S/C17H17N3OS/c1-11-3-4-16-14(7-11)15(8-12(2)20-16)17(21)18-6-5-13-9-22-10-19-13/h3-4,7-10H,5-6H2,1-2H3,(H,18,21). The zero-order valence-corrected chi connectivity index (χ0v) is 13.4. The Labute approximate surface area is 133 Å². The lowest BCUT2D eigenvalue weighted by atomic mass is 10.0. The first kappa shape index (κ1) is 14.7. The number of nitrogens with one attached hydrogen (secondary N) is 1. The molecule has 0 saturated carbocycles. The van der Waals surface area contributed by atoms with Crippen LogP contribution in [-0.2, 0) is 6.42 Å². The molecule has 0 aliphatic heterocycles. The number of benzene rings is 1. The van der Waals surface area contributed by atoms with E-state index in [-0.39, 0.29) is 5.91 Å². The van der Waals surface area contributed by atoms with Crippen molar-refractivity contribution >= 4 is 28.1 Å². The quantitative estimate of drug-likeness (QED) is 0.804. The number of aromatic nitrogens is 2. The van der Waals surface area contributed by atoms with Crippen molar-refractivity contribution in [1.82, 2.24) is 15.3 Å². The summed E-state index contributed by atoms with van der Waals surface area (Å²) >= 11 is 1.57. The Morgan fingerprint density at radius 1 is 1.27 bits per heavy atom. The van der Waals surface area contributed by atoms with E-state index in [0.29, 0.717) is 12.1 Å². The number of fused-ring (bicyclic) bond motifs is 1. The van der Waals surface area contributed by atoms with Crippen molar-refractivity contribution in [3.63, 3.8) is 0 Å². The van der Waals surface area contributed by atoms with E-state index < -0.39 is 0 Å². The fourth-order valence-electron chi connectivity index (χ4n) is 2.42. The Hall–Kier alpha value is -2.27. The molecule has 0 fully saturated rings. The highest BCUT2D eigenvalue weighted by molar-refractivity contribution is 7.07. The molecular formula is C17H17N3OS. The summed E-state index contributed by atoms with van der Waals surface area (Å²) in [4.78, 5) is 21.2. The highest BCUT2D eigenvalue weighted by Crippen LogP contribution is 2.20. The number of thiazole rings is 1. The van der Waals surface area contributed by atoms with E-state index in [0.717, 1.165) is 34.3 Å². The van der Waals surface area contributed by atoms with Gasteiger partial charge in [-0.25, -0.2) is 4.98 Å². The maximum Gasteiger partial charge on any atom is 0.252 e. The summed E-state index contributed by atoms with van der Waals surface area (Å²) < 4.78 is 0. The summed E-state index contributed by atoms with van der Waals surface area (Å²) in [6, 6.07) is 7.83. The topological polar surface area (TPSA) is 54.9 Å². The third-order valence-corrected chi connectivity index (χ3v) is 4.12. The SMILES string of the molecule is Cc1ccc2nc(C)cc(C(=O)NCCc3cscn3)c2c1. The predicted octanol–water partition coefficient (Wildman–Crippen LogP) is 3.28. The summed E-state index contributed by atoms with van der Waals surface area (Å²) in [6.07, 6.45) is 0.746. The van der Waals surface area contributed by atoms with Crippen LogP contribution in [0.1, 0.15) is 27.3 Å². The van der Waals surface area contributed by atoms with Gasteiger partial charge in [-0.1, -0.05) is 11.6 Å². The summed E-state index contributed by atoms with van der Waals surface area (Å²) in [5.74, 6) is -0.0590. The number of hydrogen-bond donors (Lipinski definition) is 1. The van der Waals surface area contributed by atoms with Gasteiger partial charge in [-0.05, 0) is 32.0 Å². The second-order valence-corrected chi connectivity index (χ2v) is 6.04. The highest BCUT2D eigenvalue weighted by atomic mass is 32.1. The van der Waals surface area contributed by atoms with E-state index in [1.165, 1.54) is 0 Å². The average molecular weight is 311 g/mol. The van der Waals surface area contributed by atoms with E-state index in [4.69, 9.17) is 0 Å². The van der Waals surface area contributed by atoms with Crippen molar-refractivity contribution in [3.8, 4) is 0 Å². The van der Waals surface area contributed by atoms with Crippen LogP contribution >= 0.6 is 11.3 Å². The van der Waals surface area contributed by atoms with Crippen molar-refractivity contribution in [2.24, 2.45) is 0 Å². The molecule has 1 N–H and O–H groups in total. The van der Waals surface area contributed by atoms with Gasteiger partial charge in [0, 0.05) is 29.4 Å². The molecule has 0 aliphatic carbocycles. The lowest BCUT2D eigenvalue weighted by molar-refractivity contribution is 0.0955. The molecule has 1 amide bonds. The fourth-order valence-corrected chi connectivity index (χ4v) is 3.01.